The van der Waals surface area contributed by atoms with Crippen molar-refractivity contribution in [1.82, 2.24) is 0 Å². The third kappa shape index (κ3) is 1.65. The van der Waals surface area contributed by atoms with Crippen molar-refractivity contribution in [2.24, 2.45) is 0 Å². The average molecular weight is 254 g/mol. The van der Waals surface area contributed by atoms with Gasteiger partial charge in [0.05, 0.1) is 0 Å². The zero-order chi connectivity index (χ0) is 12.8. The van der Waals surface area contributed by atoms with Crippen LogP contribution in [0, 0.1) is 0 Å². The Labute approximate surface area is 95.9 Å². The first-order valence-corrected chi connectivity index (χ1v) is 5.87. The molecule has 1 aromatic carbocycles. The second kappa shape index (κ2) is 3.51. The zero-order valence-corrected chi connectivity index (χ0v) is 9.06. The summed E-state index contributed by atoms with van der Waals surface area (Å²) in [6.07, 6.45) is 0. The van der Waals surface area contributed by atoms with E-state index in [1.807, 2.05) is 0 Å². The van der Waals surface area contributed by atoms with E-state index >= 15 is 0 Å². The van der Waals surface area contributed by atoms with Crippen molar-refractivity contribution >= 4 is 27.4 Å². The van der Waals surface area contributed by atoms with Crippen LogP contribution in [0.5, 0.6) is 0 Å². The van der Waals surface area contributed by atoms with Crippen molar-refractivity contribution < 1.29 is 27.7 Å². The number of aliphatic hydroxyl groups is 1. The van der Waals surface area contributed by atoms with E-state index < -0.39 is 32.3 Å². The summed E-state index contributed by atoms with van der Waals surface area (Å²) in [5, 5.41) is 9.61. The number of carbonyl (C=O) groups is 2. The van der Waals surface area contributed by atoms with Gasteiger partial charge in [-0.2, -0.15) is 8.42 Å². The molecule has 0 heterocycles. The number of rotatable bonds is 1. The molecule has 2 N–H and O–H groups in total. The molecule has 0 unspecified atom stereocenters. The zero-order valence-electron chi connectivity index (χ0n) is 8.25. The molecule has 1 aromatic rings. The summed E-state index contributed by atoms with van der Waals surface area (Å²) < 4.78 is 30.7. The van der Waals surface area contributed by atoms with Gasteiger partial charge in [-0.05, 0) is 0 Å². The van der Waals surface area contributed by atoms with Gasteiger partial charge in [-0.3, -0.25) is 14.1 Å². The Bertz CT molecular complexity index is 668. The maximum Gasteiger partial charge on any atom is 0.302 e. The topological polar surface area (TPSA) is 109 Å². The molecule has 88 valence electrons. The second-order valence-electron chi connectivity index (χ2n) is 3.36. The normalized spacial score (nSPS) is 16.1. The molecule has 7 heteroatoms. The fourth-order valence-corrected chi connectivity index (χ4v) is 2.26. The van der Waals surface area contributed by atoms with Crippen LogP contribution in [0.1, 0.15) is 15.9 Å². The predicted octanol–water partition coefficient (Wildman–Crippen LogP) is 0.566. The molecule has 0 aromatic heterocycles. The van der Waals surface area contributed by atoms with Crippen molar-refractivity contribution in [2.75, 3.05) is 0 Å². The quantitative estimate of drug-likeness (QED) is 0.560. The molecule has 0 saturated heterocycles. The fraction of sp³-hybridized carbons (Fsp3) is 0. The van der Waals surface area contributed by atoms with Gasteiger partial charge in [0.25, 0.3) is 5.78 Å². The van der Waals surface area contributed by atoms with Gasteiger partial charge in [0.15, 0.2) is 4.91 Å². The van der Waals surface area contributed by atoms with Crippen LogP contribution in [0.4, 0.5) is 0 Å². The van der Waals surface area contributed by atoms with E-state index in [-0.39, 0.29) is 11.1 Å². The van der Waals surface area contributed by atoms with E-state index in [9.17, 15) is 23.1 Å². The first-order chi connectivity index (χ1) is 7.84. The van der Waals surface area contributed by atoms with Crippen molar-refractivity contribution in [3.05, 3.63) is 40.3 Å². The number of hydrogen-bond donors (Lipinski definition) is 2. The average Bonchev–Trinajstić information content (AvgIpc) is 2.24. The second-order valence-corrected chi connectivity index (χ2v) is 4.72. The molecule has 0 radical (unpaired) electrons. The molecule has 17 heavy (non-hydrogen) atoms. The molecule has 0 atom stereocenters. The van der Waals surface area contributed by atoms with Gasteiger partial charge in [-0.1, -0.05) is 24.3 Å². The van der Waals surface area contributed by atoms with Crippen molar-refractivity contribution in [3.8, 4) is 0 Å². The Morgan fingerprint density at radius 2 is 1.47 bits per heavy atom. The lowest BCUT2D eigenvalue weighted by Crippen LogP contribution is -2.28. The van der Waals surface area contributed by atoms with E-state index in [0.29, 0.717) is 0 Å². The Hall–Kier alpha value is -1.99. The summed E-state index contributed by atoms with van der Waals surface area (Å²) in [6.45, 7) is 0. The van der Waals surface area contributed by atoms with Crippen LogP contribution >= 0.6 is 0 Å². The number of hydrogen-bond acceptors (Lipinski definition) is 5. The lowest BCUT2D eigenvalue weighted by atomic mass is 9.94. The maximum atomic E-state index is 11.5. The van der Waals surface area contributed by atoms with E-state index in [1.54, 1.807) is 0 Å². The minimum Gasteiger partial charge on any atom is -0.506 e. The first kappa shape index (κ1) is 11.5. The Kier molecular flexibility index (Phi) is 2.37. The molecule has 1 aliphatic rings. The molecular weight excluding hydrogens is 248 g/mol. The molecule has 0 bridgehead atoms. The number of aliphatic hydroxyl groups excluding tert-OH is 1. The Morgan fingerprint density at radius 3 is 2.00 bits per heavy atom. The fourth-order valence-electron chi connectivity index (χ4n) is 1.58. The highest BCUT2D eigenvalue weighted by Gasteiger charge is 2.39. The van der Waals surface area contributed by atoms with Gasteiger partial charge < -0.3 is 5.11 Å². The van der Waals surface area contributed by atoms with Gasteiger partial charge in [0, 0.05) is 11.1 Å². The monoisotopic (exact) mass is 254 g/mol. The first-order valence-electron chi connectivity index (χ1n) is 4.43. The highest BCUT2D eigenvalue weighted by atomic mass is 32.2. The van der Waals surface area contributed by atoms with Crippen LogP contribution < -0.4 is 0 Å². The molecule has 1 aliphatic carbocycles. The van der Waals surface area contributed by atoms with Crippen LogP contribution in [0.25, 0.3) is 5.76 Å². The van der Waals surface area contributed by atoms with Crippen molar-refractivity contribution in [1.29, 1.82) is 0 Å². The minimum absolute atomic E-state index is 0.0928. The van der Waals surface area contributed by atoms with Crippen LogP contribution in [0.3, 0.4) is 0 Å². The van der Waals surface area contributed by atoms with Gasteiger partial charge in [-0.25, -0.2) is 0 Å². The molecule has 2 rings (SSSR count). The number of Topliss-reactive ketones (excluding diaryl/α,β-unsaturated/α-hetero) is 2. The molecule has 0 saturated carbocycles. The summed E-state index contributed by atoms with van der Waals surface area (Å²) in [4.78, 5) is 21.7. The van der Waals surface area contributed by atoms with Gasteiger partial charge in [-0.15, -0.1) is 0 Å². The van der Waals surface area contributed by atoms with E-state index in [1.165, 1.54) is 24.3 Å². The number of benzene rings is 1. The lowest BCUT2D eigenvalue weighted by molar-refractivity contribution is -0.111. The summed E-state index contributed by atoms with van der Waals surface area (Å²) in [5.74, 6) is -3.43. The minimum atomic E-state index is -4.94. The summed E-state index contributed by atoms with van der Waals surface area (Å²) in [6, 6.07) is 5.49. The molecule has 0 amide bonds. The SMILES string of the molecule is O=C1C(=O)c2ccccc2C(O)=C1S(=O)(=O)O. The van der Waals surface area contributed by atoms with Crippen LogP contribution in [0.2, 0.25) is 0 Å². The van der Waals surface area contributed by atoms with Gasteiger partial charge >= 0.3 is 10.1 Å². The van der Waals surface area contributed by atoms with Gasteiger partial charge in [0.2, 0.25) is 5.78 Å². The molecular formula is C10H6O6S. The highest BCUT2D eigenvalue weighted by Crippen LogP contribution is 2.29. The van der Waals surface area contributed by atoms with Gasteiger partial charge in [0.1, 0.15) is 5.76 Å². The standard InChI is InChI=1S/C10H6O6S/c11-7-5-3-1-2-4-6(5)8(12)10(9(7)13)17(14,15)16/h1-4,12H,(H,14,15,16). The van der Waals surface area contributed by atoms with E-state index in [4.69, 9.17) is 4.55 Å². The Balaban J connectivity index is 2.87. The molecule has 6 nitrogen and oxygen atoms in total. The third-order valence-electron chi connectivity index (χ3n) is 2.31. The van der Waals surface area contributed by atoms with Crippen LogP contribution in [-0.4, -0.2) is 29.6 Å². The van der Waals surface area contributed by atoms with E-state index in [0.717, 1.165) is 0 Å². The summed E-state index contributed by atoms with van der Waals surface area (Å²) in [5.41, 5.74) is -0.188. The largest absolute Gasteiger partial charge is 0.506 e. The lowest BCUT2D eigenvalue weighted by Gasteiger charge is -2.15. The van der Waals surface area contributed by atoms with E-state index in [2.05, 4.69) is 0 Å². The number of carbonyl (C=O) groups excluding carboxylic acids is 2. The molecule has 0 spiro atoms. The van der Waals surface area contributed by atoms with Crippen molar-refractivity contribution in [2.45, 2.75) is 0 Å². The number of ketones is 2. The third-order valence-corrected chi connectivity index (χ3v) is 3.21. The predicted molar refractivity (Wildman–Crippen MR) is 56.9 cm³/mol. The number of allylic oxidation sites excluding steroid dienone is 1. The molecule has 0 aliphatic heterocycles. The van der Waals surface area contributed by atoms with Crippen LogP contribution in [-0.2, 0) is 14.9 Å². The maximum absolute atomic E-state index is 11.5. The smallest absolute Gasteiger partial charge is 0.302 e. The molecule has 0 fully saturated rings. The Morgan fingerprint density at radius 1 is 0.941 bits per heavy atom. The summed E-state index contributed by atoms with van der Waals surface area (Å²) >= 11 is 0. The highest BCUT2D eigenvalue weighted by molar-refractivity contribution is 7.91. The van der Waals surface area contributed by atoms with Crippen LogP contribution in [0.15, 0.2) is 29.2 Å². The summed E-state index contributed by atoms with van der Waals surface area (Å²) in [7, 11) is -4.94. The number of fused-ring (bicyclic) bond motifs is 1. The van der Waals surface area contributed by atoms with Crippen molar-refractivity contribution in [3.63, 3.8) is 0 Å².